The SMILES string of the molecule is CC1CN(C(=O)CCn2c(CO)nc3ccccc32)CC[C@]1(C)O. The molecule has 0 saturated carbocycles. The van der Waals surface area contributed by atoms with Crippen molar-refractivity contribution >= 4 is 16.9 Å². The van der Waals surface area contributed by atoms with Gasteiger partial charge in [-0.25, -0.2) is 4.98 Å². The minimum absolute atomic E-state index is 0.0669. The van der Waals surface area contributed by atoms with Crippen LogP contribution in [0.1, 0.15) is 32.5 Å². The highest BCUT2D eigenvalue weighted by Crippen LogP contribution is 2.27. The number of fused-ring (bicyclic) bond motifs is 1. The van der Waals surface area contributed by atoms with Gasteiger partial charge in [-0.2, -0.15) is 0 Å². The van der Waals surface area contributed by atoms with Crippen LogP contribution < -0.4 is 0 Å². The van der Waals surface area contributed by atoms with Crippen molar-refractivity contribution in [3.8, 4) is 0 Å². The zero-order valence-corrected chi connectivity index (χ0v) is 14.3. The van der Waals surface area contributed by atoms with E-state index in [0.717, 1.165) is 11.0 Å². The van der Waals surface area contributed by atoms with Crippen LogP contribution >= 0.6 is 0 Å². The van der Waals surface area contributed by atoms with E-state index in [1.165, 1.54) is 0 Å². The van der Waals surface area contributed by atoms with E-state index in [1.54, 1.807) is 0 Å². The molecule has 0 spiro atoms. The van der Waals surface area contributed by atoms with Gasteiger partial charge >= 0.3 is 0 Å². The maximum atomic E-state index is 12.5. The maximum Gasteiger partial charge on any atom is 0.224 e. The summed E-state index contributed by atoms with van der Waals surface area (Å²) in [6, 6.07) is 7.69. The number of benzene rings is 1. The summed E-state index contributed by atoms with van der Waals surface area (Å²) in [5.41, 5.74) is 1.07. The number of imidazole rings is 1. The number of carbonyl (C=O) groups excluding carboxylic acids is 1. The summed E-state index contributed by atoms with van der Waals surface area (Å²) < 4.78 is 1.91. The number of aryl methyl sites for hydroxylation is 1. The molecule has 0 radical (unpaired) electrons. The summed E-state index contributed by atoms with van der Waals surface area (Å²) >= 11 is 0. The third-order valence-electron chi connectivity index (χ3n) is 5.22. The Bertz CT molecular complexity index is 738. The lowest BCUT2D eigenvalue weighted by Crippen LogP contribution is -2.51. The third-order valence-corrected chi connectivity index (χ3v) is 5.22. The molecule has 1 saturated heterocycles. The average molecular weight is 331 g/mol. The Labute approximate surface area is 141 Å². The topological polar surface area (TPSA) is 78.6 Å². The molecule has 2 atom stereocenters. The molecular formula is C18H25N3O3. The number of para-hydroxylation sites is 2. The van der Waals surface area contributed by atoms with E-state index in [1.807, 2.05) is 47.6 Å². The summed E-state index contributed by atoms with van der Waals surface area (Å²) in [5, 5.41) is 19.8. The number of hydrogen-bond acceptors (Lipinski definition) is 4. The monoisotopic (exact) mass is 331 g/mol. The molecule has 1 aliphatic heterocycles. The Morgan fingerprint density at radius 3 is 2.88 bits per heavy atom. The lowest BCUT2D eigenvalue weighted by atomic mass is 9.84. The summed E-state index contributed by atoms with van der Waals surface area (Å²) in [5.74, 6) is 0.732. The Morgan fingerprint density at radius 1 is 1.42 bits per heavy atom. The van der Waals surface area contributed by atoms with E-state index in [2.05, 4.69) is 4.98 Å². The van der Waals surface area contributed by atoms with E-state index in [-0.39, 0.29) is 18.4 Å². The van der Waals surface area contributed by atoms with Crippen molar-refractivity contribution in [3.63, 3.8) is 0 Å². The first-order valence-corrected chi connectivity index (χ1v) is 8.47. The molecule has 1 aromatic heterocycles. The Balaban J connectivity index is 1.69. The van der Waals surface area contributed by atoms with Crippen molar-refractivity contribution in [2.24, 2.45) is 5.92 Å². The van der Waals surface area contributed by atoms with Crippen molar-refractivity contribution in [1.82, 2.24) is 14.5 Å². The molecule has 6 nitrogen and oxygen atoms in total. The molecule has 2 heterocycles. The quantitative estimate of drug-likeness (QED) is 0.891. The van der Waals surface area contributed by atoms with Gasteiger partial charge in [-0.15, -0.1) is 0 Å². The van der Waals surface area contributed by atoms with E-state index in [0.29, 0.717) is 38.3 Å². The van der Waals surface area contributed by atoms with Crippen LogP contribution in [-0.2, 0) is 17.9 Å². The Morgan fingerprint density at radius 2 is 2.17 bits per heavy atom. The van der Waals surface area contributed by atoms with Gasteiger partial charge in [-0.3, -0.25) is 4.79 Å². The highest BCUT2D eigenvalue weighted by Gasteiger charge is 2.35. The van der Waals surface area contributed by atoms with Crippen LogP contribution in [-0.4, -0.2) is 49.3 Å². The number of aliphatic hydroxyl groups is 2. The number of aromatic nitrogens is 2. The minimum atomic E-state index is -0.693. The lowest BCUT2D eigenvalue weighted by molar-refractivity contribution is -0.138. The predicted octanol–water partition coefficient (Wildman–Crippen LogP) is 1.54. The van der Waals surface area contributed by atoms with E-state index in [9.17, 15) is 15.0 Å². The first kappa shape index (κ1) is 16.9. The number of amides is 1. The van der Waals surface area contributed by atoms with Crippen LogP contribution in [0.5, 0.6) is 0 Å². The van der Waals surface area contributed by atoms with Crippen LogP contribution in [0.2, 0.25) is 0 Å². The van der Waals surface area contributed by atoms with Crippen molar-refractivity contribution < 1.29 is 15.0 Å². The van der Waals surface area contributed by atoms with E-state index < -0.39 is 5.60 Å². The van der Waals surface area contributed by atoms with Gasteiger partial charge in [0.2, 0.25) is 5.91 Å². The van der Waals surface area contributed by atoms with Gasteiger partial charge in [-0.05, 0) is 25.5 Å². The second-order valence-corrected chi connectivity index (χ2v) is 6.92. The standard InChI is InChI=1S/C18H25N3O3/c1-13-11-20(10-8-18(13,2)24)17(23)7-9-21-15-6-4-3-5-14(15)19-16(21)12-22/h3-6,13,22,24H,7-12H2,1-2H3/t13?,18-/m0/s1. The predicted molar refractivity (Wildman–Crippen MR) is 91.3 cm³/mol. The number of nitrogens with zero attached hydrogens (tertiary/aromatic N) is 3. The number of carbonyl (C=O) groups is 1. The van der Waals surface area contributed by atoms with Crippen molar-refractivity contribution in [2.75, 3.05) is 13.1 Å². The summed E-state index contributed by atoms with van der Waals surface area (Å²) in [6.45, 7) is 5.34. The van der Waals surface area contributed by atoms with Gasteiger partial charge in [0.05, 0.1) is 16.6 Å². The fourth-order valence-corrected chi connectivity index (χ4v) is 3.31. The zero-order valence-electron chi connectivity index (χ0n) is 14.3. The highest BCUT2D eigenvalue weighted by atomic mass is 16.3. The van der Waals surface area contributed by atoms with E-state index >= 15 is 0 Å². The number of hydrogen-bond donors (Lipinski definition) is 2. The molecule has 2 N–H and O–H groups in total. The molecule has 1 aromatic carbocycles. The summed E-state index contributed by atoms with van der Waals surface area (Å²) in [4.78, 5) is 18.8. The van der Waals surface area contributed by atoms with Gasteiger partial charge < -0.3 is 19.7 Å². The molecule has 1 unspecified atom stereocenters. The smallest absolute Gasteiger partial charge is 0.224 e. The van der Waals surface area contributed by atoms with E-state index in [4.69, 9.17) is 0 Å². The van der Waals surface area contributed by atoms with Crippen molar-refractivity contribution in [3.05, 3.63) is 30.1 Å². The normalized spacial score (nSPS) is 24.5. The Kier molecular flexibility index (Phi) is 4.60. The second kappa shape index (κ2) is 6.53. The lowest BCUT2D eigenvalue weighted by Gasteiger charge is -2.41. The van der Waals surface area contributed by atoms with Gasteiger partial charge in [0.15, 0.2) is 0 Å². The minimum Gasteiger partial charge on any atom is -0.390 e. The number of aliphatic hydroxyl groups excluding tert-OH is 1. The fraction of sp³-hybridized carbons (Fsp3) is 0.556. The van der Waals surface area contributed by atoms with Crippen molar-refractivity contribution in [2.45, 2.75) is 45.4 Å². The third kappa shape index (κ3) is 3.16. The highest BCUT2D eigenvalue weighted by molar-refractivity contribution is 5.78. The van der Waals surface area contributed by atoms with Crippen LogP contribution in [0.3, 0.4) is 0 Å². The molecule has 24 heavy (non-hydrogen) atoms. The summed E-state index contributed by atoms with van der Waals surface area (Å²) in [6.07, 6.45) is 0.970. The fourth-order valence-electron chi connectivity index (χ4n) is 3.31. The van der Waals surface area contributed by atoms with Crippen LogP contribution in [0, 0.1) is 5.92 Å². The molecule has 0 aliphatic carbocycles. The molecule has 0 bridgehead atoms. The average Bonchev–Trinajstić information content (AvgIpc) is 2.93. The van der Waals surface area contributed by atoms with Crippen LogP contribution in [0.15, 0.2) is 24.3 Å². The van der Waals surface area contributed by atoms with Crippen LogP contribution in [0.25, 0.3) is 11.0 Å². The van der Waals surface area contributed by atoms with Crippen molar-refractivity contribution in [1.29, 1.82) is 0 Å². The zero-order chi connectivity index (χ0) is 17.3. The molecule has 6 heteroatoms. The first-order chi connectivity index (χ1) is 11.4. The van der Waals surface area contributed by atoms with Crippen LogP contribution in [0.4, 0.5) is 0 Å². The molecule has 1 fully saturated rings. The van der Waals surface area contributed by atoms with Gasteiger partial charge in [-0.1, -0.05) is 19.1 Å². The number of rotatable bonds is 4. The van der Waals surface area contributed by atoms with Gasteiger partial charge in [0, 0.05) is 32.0 Å². The van der Waals surface area contributed by atoms with Gasteiger partial charge in [0.25, 0.3) is 0 Å². The second-order valence-electron chi connectivity index (χ2n) is 6.92. The summed E-state index contributed by atoms with van der Waals surface area (Å²) in [7, 11) is 0. The molecule has 1 amide bonds. The molecular weight excluding hydrogens is 306 g/mol. The maximum absolute atomic E-state index is 12.5. The molecule has 130 valence electrons. The first-order valence-electron chi connectivity index (χ1n) is 8.47. The number of piperidine rings is 1. The molecule has 2 aromatic rings. The Hall–Kier alpha value is -1.92. The largest absolute Gasteiger partial charge is 0.390 e. The molecule has 1 aliphatic rings. The molecule has 3 rings (SSSR count). The van der Waals surface area contributed by atoms with Gasteiger partial charge in [0.1, 0.15) is 12.4 Å². The number of likely N-dealkylation sites (tertiary alicyclic amines) is 1.